The van der Waals surface area contributed by atoms with Crippen LogP contribution in [0.2, 0.25) is 0 Å². The quantitative estimate of drug-likeness (QED) is 0.705. The van der Waals surface area contributed by atoms with Crippen molar-refractivity contribution in [1.29, 1.82) is 0 Å². The van der Waals surface area contributed by atoms with Crippen molar-refractivity contribution in [2.75, 3.05) is 50.0 Å². The summed E-state index contributed by atoms with van der Waals surface area (Å²) in [6.45, 7) is 2.28. The van der Waals surface area contributed by atoms with Crippen LogP contribution in [0.1, 0.15) is 21.7 Å². The summed E-state index contributed by atoms with van der Waals surface area (Å²) >= 11 is 0. The van der Waals surface area contributed by atoms with E-state index in [1.807, 2.05) is 6.07 Å². The second-order valence-electron chi connectivity index (χ2n) is 7.98. The highest BCUT2D eigenvalue weighted by molar-refractivity contribution is 5.92. The molecular weight excluding hydrogens is 439 g/mol. The lowest BCUT2D eigenvalue weighted by molar-refractivity contribution is -0.140. The van der Waals surface area contributed by atoms with Crippen molar-refractivity contribution in [3.8, 4) is 0 Å². The van der Waals surface area contributed by atoms with Crippen molar-refractivity contribution in [3.63, 3.8) is 0 Å². The van der Waals surface area contributed by atoms with E-state index >= 15 is 0 Å². The van der Waals surface area contributed by atoms with Gasteiger partial charge in [-0.1, -0.05) is 0 Å². The third kappa shape index (κ3) is 5.51. The van der Waals surface area contributed by atoms with Gasteiger partial charge in [-0.3, -0.25) is 14.7 Å². The van der Waals surface area contributed by atoms with Crippen LogP contribution in [0.15, 0.2) is 30.6 Å². The Balaban J connectivity index is 1.33. The molecule has 0 aromatic carbocycles. The Bertz CT molecular complexity index is 1020. The summed E-state index contributed by atoms with van der Waals surface area (Å²) in [7, 11) is 1.56. The first-order valence-corrected chi connectivity index (χ1v) is 10.5. The molecule has 2 aromatic rings. The molecule has 2 aliphatic heterocycles. The van der Waals surface area contributed by atoms with Gasteiger partial charge in [0, 0.05) is 46.0 Å². The Kier molecular flexibility index (Phi) is 6.36. The van der Waals surface area contributed by atoms with Crippen LogP contribution in [0.4, 0.5) is 29.3 Å². The van der Waals surface area contributed by atoms with Crippen LogP contribution >= 0.6 is 0 Å². The standard InChI is InChI=1S/C21H24F3N7O2/c1-25-19(32)16-3-2-15(10-27-16)30-6-4-29(5-7-30)11-14-8-17-18(26-9-14)12-31(20(33)28-17)13-21(22,23)24/h2-3,8-10H,4-7,11-13H2,1H3,(H,25,32)(H,28,33). The Morgan fingerprint density at radius 3 is 2.55 bits per heavy atom. The molecule has 0 spiro atoms. The molecule has 4 heterocycles. The van der Waals surface area contributed by atoms with E-state index in [0.29, 0.717) is 28.5 Å². The molecule has 0 radical (unpaired) electrons. The van der Waals surface area contributed by atoms with Crippen molar-refractivity contribution in [2.45, 2.75) is 19.3 Å². The number of alkyl halides is 3. The Morgan fingerprint density at radius 2 is 1.91 bits per heavy atom. The zero-order valence-electron chi connectivity index (χ0n) is 18.0. The van der Waals surface area contributed by atoms with E-state index in [9.17, 15) is 22.8 Å². The van der Waals surface area contributed by atoms with Crippen molar-refractivity contribution in [1.82, 2.24) is 25.1 Å². The largest absolute Gasteiger partial charge is 0.406 e. The summed E-state index contributed by atoms with van der Waals surface area (Å²) in [5.41, 5.74) is 3.07. The fourth-order valence-corrected chi connectivity index (χ4v) is 3.91. The number of fused-ring (bicyclic) bond motifs is 1. The fourth-order valence-electron chi connectivity index (χ4n) is 3.91. The van der Waals surface area contributed by atoms with E-state index in [-0.39, 0.29) is 12.5 Å². The minimum atomic E-state index is -4.46. The van der Waals surface area contributed by atoms with Crippen LogP contribution in [0.3, 0.4) is 0 Å². The van der Waals surface area contributed by atoms with Crippen LogP contribution < -0.4 is 15.5 Å². The maximum atomic E-state index is 12.6. The van der Waals surface area contributed by atoms with E-state index in [1.165, 1.54) is 0 Å². The molecule has 2 aromatic heterocycles. The fraction of sp³-hybridized carbons (Fsp3) is 0.429. The normalized spacial score (nSPS) is 16.9. The monoisotopic (exact) mass is 463 g/mol. The summed E-state index contributed by atoms with van der Waals surface area (Å²) in [5.74, 6) is -0.228. The number of carbonyl (C=O) groups excluding carboxylic acids is 2. The van der Waals surface area contributed by atoms with Gasteiger partial charge in [0.1, 0.15) is 12.2 Å². The number of nitrogens with one attached hydrogen (secondary N) is 2. The van der Waals surface area contributed by atoms with E-state index in [4.69, 9.17) is 0 Å². The molecule has 1 saturated heterocycles. The van der Waals surface area contributed by atoms with Crippen molar-refractivity contribution in [3.05, 3.63) is 47.5 Å². The van der Waals surface area contributed by atoms with E-state index in [0.717, 1.165) is 37.4 Å². The Labute approximate surface area is 188 Å². The first-order chi connectivity index (χ1) is 15.7. The summed E-state index contributed by atoms with van der Waals surface area (Å²) in [6, 6.07) is 4.58. The predicted octanol–water partition coefficient (Wildman–Crippen LogP) is 2.07. The number of nitrogens with zero attached hydrogens (tertiary/aromatic N) is 5. The number of halogens is 3. The molecule has 0 atom stereocenters. The zero-order valence-corrected chi connectivity index (χ0v) is 18.0. The Hall–Kier alpha value is -3.41. The third-order valence-corrected chi connectivity index (χ3v) is 5.62. The highest BCUT2D eigenvalue weighted by atomic mass is 19.4. The molecule has 12 heteroatoms. The highest BCUT2D eigenvalue weighted by Crippen LogP contribution is 2.26. The van der Waals surface area contributed by atoms with E-state index in [1.54, 1.807) is 31.6 Å². The number of anilines is 2. The molecule has 2 aliphatic rings. The second-order valence-corrected chi connectivity index (χ2v) is 7.98. The molecule has 4 rings (SSSR count). The molecule has 176 valence electrons. The van der Waals surface area contributed by atoms with Crippen molar-refractivity contribution >= 4 is 23.3 Å². The van der Waals surface area contributed by atoms with Gasteiger partial charge in [-0.15, -0.1) is 0 Å². The second kappa shape index (κ2) is 9.22. The average molecular weight is 463 g/mol. The Morgan fingerprint density at radius 1 is 1.15 bits per heavy atom. The van der Waals surface area contributed by atoms with Gasteiger partial charge >= 0.3 is 12.2 Å². The molecule has 3 amide bonds. The third-order valence-electron chi connectivity index (χ3n) is 5.62. The number of rotatable bonds is 5. The number of aromatic nitrogens is 2. The van der Waals surface area contributed by atoms with Crippen LogP contribution in [-0.2, 0) is 13.1 Å². The van der Waals surface area contributed by atoms with Crippen LogP contribution in [-0.4, -0.2) is 77.7 Å². The number of carbonyl (C=O) groups is 2. The summed E-state index contributed by atoms with van der Waals surface area (Å²) in [5, 5.41) is 5.06. The smallest absolute Gasteiger partial charge is 0.368 e. The predicted molar refractivity (Wildman–Crippen MR) is 115 cm³/mol. The summed E-state index contributed by atoms with van der Waals surface area (Å²) in [6.07, 6.45) is -1.12. The maximum absolute atomic E-state index is 12.6. The number of amides is 3. The van der Waals surface area contributed by atoms with E-state index < -0.39 is 18.8 Å². The molecule has 2 N–H and O–H groups in total. The number of pyridine rings is 2. The maximum Gasteiger partial charge on any atom is 0.406 e. The molecule has 0 bridgehead atoms. The number of urea groups is 1. The van der Waals surface area contributed by atoms with Gasteiger partial charge < -0.3 is 20.4 Å². The van der Waals surface area contributed by atoms with Gasteiger partial charge in [0.2, 0.25) is 0 Å². The first-order valence-electron chi connectivity index (χ1n) is 10.5. The molecule has 33 heavy (non-hydrogen) atoms. The number of hydrogen-bond donors (Lipinski definition) is 2. The molecule has 0 saturated carbocycles. The average Bonchev–Trinajstić information content (AvgIpc) is 2.79. The lowest BCUT2D eigenvalue weighted by atomic mass is 10.1. The van der Waals surface area contributed by atoms with Gasteiger partial charge in [0.15, 0.2) is 0 Å². The molecule has 0 aliphatic carbocycles. The van der Waals surface area contributed by atoms with Gasteiger partial charge in [-0.05, 0) is 23.8 Å². The number of piperazine rings is 1. The van der Waals surface area contributed by atoms with Gasteiger partial charge in [0.05, 0.1) is 29.8 Å². The minimum absolute atomic E-state index is 0.174. The van der Waals surface area contributed by atoms with E-state index in [2.05, 4.69) is 30.4 Å². The first kappa shape index (κ1) is 22.8. The highest BCUT2D eigenvalue weighted by Gasteiger charge is 2.35. The van der Waals surface area contributed by atoms with Crippen molar-refractivity contribution in [2.24, 2.45) is 0 Å². The zero-order chi connectivity index (χ0) is 23.6. The topological polar surface area (TPSA) is 93.7 Å². The van der Waals surface area contributed by atoms with Crippen LogP contribution in [0, 0.1) is 0 Å². The van der Waals surface area contributed by atoms with Gasteiger partial charge in [0.25, 0.3) is 5.91 Å². The summed E-state index contributed by atoms with van der Waals surface area (Å²) in [4.78, 5) is 37.3. The molecule has 9 nitrogen and oxygen atoms in total. The van der Waals surface area contributed by atoms with Crippen LogP contribution in [0.25, 0.3) is 0 Å². The SMILES string of the molecule is CNC(=O)c1ccc(N2CCN(Cc3cnc4c(c3)NC(=O)N(CC(F)(F)F)C4)CC2)cn1. The van der Waals surface area contributed by atoms with Crippen molar-refractivity contribution < 1.29 is 22.8 Å². The van der Waals surface area contributed by atoms with Crippen LogP contribution in [0.5, 0.6) is 0 Å². The lowest BCUT2D eigenvalue weighted by Crippen LogP contribution is -2.46. The molecule has 1 fully saturated rings. The molecule has 0 unspecified atom stereocenters. The molecular formula is C21H24F3N7O2. The minimum Gasteiger partial charge on any atom is -0.368 e. The lowest BCUT2D eigenvalue weighted by Gasteiger charge is -2.36. The van der Waals surface area contributed by atoms with Gasteiger partial charge in [-0.2, -0.15) is 13.2 Å². The number of hydrogen-bond acceptors (Lipinski definition) is 6. The van der Waals surface area contributed by atoms with Gasteiger partial charge in [-0.25, -0.2) is 9.78 Å². The summed E-state index contributed by atoms with van der Waals surface area (Å²) < 4.78 is 37.9.